The van der Waals surface area contributed by atoms with Gasteiger partial charge < -0.3 is 9.47 Å². The van der Waals surface area contributed by atoms with Crippen molar-refractivity contribution in [2.24, 2.45) is 11.0 Å². The lowest BCUT2D eigenvalue weighted by Crippen LogP contribution is -2.35. The molecule has 4 heteroatoms. The van der Waals surface area contributed by atoms with Gasteiger partial charge in [0.2, 0.25) is 0 Å². The summed E-state index contributed by atoms with van der Waals surface area (Å²) >= 11 is 0. The van der Waals surface area contributed by atoms with Crippen LogP contribution in [0.25, 0.3) is 0 Å². The van der Waals surface area contributed by atoms with E-state index in [1.165, 1.54) is 5.56 Å². The van der Waals surface area contributed by atoms with Gasteiger partial charge in [-0.05, 0) is 35.4 Å². The van der Waals surface area contributed by atoms with Gasteiger partial charge in [0, 0.05) is 12.6 Å². The Kier molecular flexibility index (Phi) is 4.05. The molecule has 0 saturated carbocycles. The molecule has 0 aliphatic carbocycles. The molecule has 3 unspecified atom stereocenters. The average Bonchev–Trinajstić information content (AvgIpc) is 3.11. The minimum atomic E-state index is -0.101. The fourth-order valence-corrected chi connectivity index (χ4v) is 4.38. The van der Waals surface area contributed by atoms with Crippen molar-refractivity contribution in [2.75, 3.05) is 14.2 Å². The third-order valence-electron chi connectivity index (χ3n) is 5.63. The Labute approximate surface area is 165 Å². The number of ether oxygens (including phenoxy) is 2. The molecule has 0 saturated heterocycles. The first-order valence-electron chi connectivity index (χ1n) is 9.52. The summed E-state index contributed by atoms with van der Waals surface area (Å²) in [5.74, 6) is 1.84. The summed E-state index contributed by atoms with van der Waals surface area (Å²) in [4.78, 5) is 0. The summed E-state index contributed by atoms with van der Waals surface area (Å²) in [5, 5.41) is 7.04. The molecule has 0 fully saturated rings. The summed E-state index contributed by atoms with van der Waals surface area (Å²) in [5.41, 5.74) is 4.51. The highest BCUT2D eigenvalue weighted by molar-refractivity contribution is 6.07. The molecular formula is C24H22N2O2. The molecule has 3 atom stereocenters. The molecular weight excluding hydrogens is 348 g/mol. The van der Waals surface area contributed by atoms with Crippen LogP contribution in [0.5, 0.6) is 11.5 Å². The number of para-hydroxylation sites is 1. The fourth-order valence-electron chi connectivity index (χ4n) is 4.38. The first kappa shape index (κ1) is 16.9. The first-order valence-corrected chi connectivity index (χ1v) is 9.52. The maximum absolute atomic E-state index is 6.55. The monoisotopic (exact) mass is 370 g/mol. The second kappa shape index (κ2) is 6.71. The molecule has 0 aromatic heterocycles. The smallest absolute Gasteiger partial charge is 0.135 e. The highest BCUT2D eigenvalue weighted by Gasteiger charge is 2.47. The molecule has 28 heavy (non-hydrogen) atoms. The molecule has 0 spiro atoms. The fraction of sp³-hybridized carbons (Fsp3) is 0.208. The average molecular weight is 370 g/mol. The van der Waals surface area contributed by atoms with E-state index in [2.05, 4.69) is 47.5 Å². The van der Waals surface area contributed by atoms with Gasteiger partial charge in [0.25, 0.3) is 0 Å². The second-order valence-corrected chi connectivity index (χ2v) is 7.25. The third kappa shape index (κ3) is 2.64. The van der Waals surface area contributed by atoms with Gasteiger partial charge in [0.1, 0.15) is 17.6 Å². The lowest BCUT2D eigenvalue weighted by atomic mass is 9.79. The predicted octanol–water partition coefficient (Wildman–Crippen LogP) is 4.84. The quantitative estimate of drug-likeness (QED) is 0.662. The number of methoxy groups -OCH3 is 1. The predicted molar refractivity (Wildman–Crippen MR) is 110 cm³/mol. The SMILES string of the molecule is COc1cccc(C2C3C(=NN2C)c2ccccc2OC3c2ccccc2)c1. The van der Waals surface area contributed by atoms with Crippen LogP contribution in [0, 0.1) is 5.92 Å². The summed E-state index contributed by atoms with van der Waals surface area (Å²) in [6.45, 7) is 0. The maximum Gasteiger partial charge on any atom is 0.135 e. The Morgan fingerprint density at radius 3 is 2.46 bits per heavy atom. The molecule has 140 valence electrons. The van der Waals surface area contributed by atoms with E-state index in [1.54, 1.807) is 7.11 Å². The van der Waals surface area contributed by atoms with Crippen LogP contribution in [0.2, 0.25) is 0 Å². The van der Waals surface area contributed by atoms with Crippen molar-refractivity contribution in [3.63, 3.8) is 0 Å². The van der Waals surface area contributed by atoms with Crippen molar-refractivity contribution in [3.8, 4) is 11.5 Å². The standard InChI is InChI=1S/C24H22N2O2/c1-26-23(17-11-8-12-18(15-17)27-2)21-22(25-26)19-13-6-7-14-20(19)28-24(21)16-9-4-3-5-10-16/h3-15,21,23-24H,1-2H3. The zero-order valence-corrected chi connectivity index (χ0v) is 15.9. The Balaban J connectivity index is 1.66. The molecule has 0 bridgehead atoms. The van der Waals surface area contributed by atoms with Crippen molar-refractivity contribution >= 4 is 5.71 Å². The molecule has 2 aliphatic rings. The highest BCUT2D eigenvalue weighted by Crippen LogP contribution is 2.49. The van der Waals surface area contributed by atoms with Crippen LogP contribution in [-0.2, 0) is 0 Å². The Bertz CT molecular complexity index is 1030. The van der Waals surface area contributed by atoms with Gasteiger partial charge in [-0.2, -0.15) is 5.10 Å². The Morgan fingerprint density at radius 2 is 1.64 bits per heavy atom. The highest BCUT2D eigenvalue weighted by atomic mass is 16.5. The molecule has 3 aromatic rings. The number of fused-ring (bicyclic) bond motifs is 3. The summed E-state index contributed by atoms with van der Waals surface area (Å²) in [6, 6.07) is 27.0. The minimum Gasteiger partial charge on any atom is -0.497 e. The van der Waals surface area contributed by atoms with Crippen molar-refractivity contribution < 1.29 is 9.47 Å². The van der Waals surface area contributed by atoms with Crippen LogP contribution >= 0.6 is 0 Å². The molecule has 0 N–H and O–H groups in total. The number of rotatable bonds is 3. The lowest BCUT2D eigenvalue weighted by molar-refractivity contribution is 0.113. The molecule has 0 amide bonds. The zero-order chi connectivity index (χ0) is 19.1. The van der Waals surface area contributed by atoms with Gasteiger partial charge in [-0.15, -0.1) is 0 Å². The van der Waals surface area contributed by atoms with E-state index in [1.807, 2.05) is 43.4 Å². The van der Waals surface area contributed by atoms with Gasteiger partial charge in [-0.1, -0.05) is 54.6 Å². The van der Waals surface area contributed by atoms with Gasteiger partial charge >= 0.3 is 0 Å². The van der Waals surface area contributed by atoms with E-state index in [9.17, 15) is 0 Å². The van der Waals surface area contributed by atoms with Crippen molar-refractivity contribution in [1.29, 1.82) is 0 Å². The third-order valence-corrected chi connectivity index (χ3v) is 5.63. The van der Waals surface area contributed by atoms with Crippen LogP contribution in [0.3, 0.4) is 0 Å². The van der Waals surface area contributed by atoms with Crippen molar-refractivity contribution in [2.45, 2.75) is 12.1 Å². The minimum absolute atomic E-state index is 0.0728. The van der Waals surface area contributed by atoms with Crippen LogP contribution in [0.4, 0.5) is 0 Å². The second-order valence-electron chi connectivity index (χ2n) is 7.25. The Morgan fingerprint density at radius 1 is 0.893 bits per heavy atom. The van der Waals surface area contributed by atoms with Crippen molar-refractivity contribution in [3.05, 3.63) is 95.6 Å². The van der Waals surface area contributed by atoms with Crippen LogP contribution in [0.1, 0.15) is 28.8 Å². The molecule has 2 aliphatic heterocycles. The number of benzene rings is 3. The van der Waals surface area contributed by atoms with E-state index in [-0.39, 0.29) is 18.1 Å². The van der Waals surface area contributed by atoms with E-state index in [0.717, 1.165) is 28.3 Å². The molecule has 5 rings (SSSR count). The molecule has 4 nitrogen and oxygen atoms in total. The van der Waals surface area contributed by atoms with E-state index >= 15 is 0 Å². The number of hydrogen-bond donors (Lipinski definition) is 0. The van der Waals surface area contributed by atoms with Gasteiger partial charge in [-0.25, -0.2) is 0 Å². The zero-order valence-electron chi connectivity index (χ0n) is 15.9. The van der Waals surface area contributed by atoms with E-state index in [4.69, 9.17) is 14.6 Å². The Hall–Kier alpha value is -3.27. The first-order chi connectivity index (χ1) is 13.8. The van der Waals surface area contributed by atoms with Gasteiger partial charge in [-0.3, -0.25) is 5.01 Å². The summed E-state index contributed by atoms with van der Waals surface area (Å²) in [6.07, 6.45) is -0.101. The number of nitrogens with zero attached hydrogens (tertiary/aromatic N) is 2. The number of hydrogen-bond acceptors (Lipinski definition) is 4. The normalized spacial score (nSPS) is 22.7. The molecule has 2 heterocycles. The molecule has 3 aromatic carbocycles. The van der Waals surface area contributed by atoms with Crippen molar-refractivity contribution in [1.82, 2.24) is 5.01 Å². The molecule has 0 radical (unpaired) electrons. The summed E-state index contributed by atoms with van der Waals surface area (Å²) < 4.78 is 12.0. The van der Waals surface area contributed by atoms with Gasteiger partial charge in [0.15, 0.2) is 0 Å². The lowest BCUT2D eigenvalue weighted by Gasteiger charge is -2.36. The topological polar surface area (TPSA) is 34.1 Å². The van der Waals surface area contributed by atoms with Gasteiger partial charge in [0.05, 0.1) is 24.8 Å². The largest absolute Gasteiger partial charge is 0.497 e. The summed E-state index contributed by atoms with van der Waals surface area (Å²) in [7, 11) is 3.74. The van der Waals surface area contributed by atoms with Crippen LogP contribution < -0.4 is 9.47 Å². The van der Waals surface area contributed by atoms with E-state index < -0.39 is 0 Å². The van der Waals surface area contributed by atoms with Crippen LogP contribution in [-0.4, -0.2) is 24.9 Å². The number of hydrazone groups is 1. The maximum atomic E-state index is 6.55. The van der Waals surface area contributed by atoms with Crippen LogP contribution in [0.15, 0.2) is 84.0 Å². The van der Waals surface area contributed by atoms with E-state index in [0.29, 0.717) is 0 Å².